The van der Waals surface area contributed by atoms with Crippen LogP contribution in [0.2, 0.25) is 0 Å². The highest BCUT2D eigenvalue weighted by Crippen LogP contribution is 2.33. The molecule has 0 bridgehead atoms. The number of hydrogen-bond donors (Lipinski definition) is 0. The van der Waals surface area contributed by atoms with Crippen molar-refractivity contribution in [3.05, 3.63) is 23.8 Å². The molecule has 0 aromatic heterocycles. The number of benzene rings is 1. The quantitative estimate of drug-likeness (QED) is 0.761. The minimum Gasteiger partial charge on any atom is -0.497 e. The molecular weight excluding hydrogens is 216 g/mol. The second kappa shape index (κ2) is 6.28. The van der Waals surface area contributed by atoms with Gasteiger partial charge in [-0.25, -0.2) is 0 Å². The Morgan fingerprint density at radius 1 is 1.24 bits per heavy atom. The molecule has 1 rings (SSSR count). The van der Waals surface area contributed by atoms with E-state index in [-0.39, 0.29) is 11.7 Å². The molecule has 0 aliphatic heterocycles. The molecule has 0 aliphatic rings. The van der Waals surface area contributed by atoms with Crippen molar-refractivity contribution in [1.29, 1.82) is 0 Å². The SMILES string of the molecule is CCC(=O)[C@H](CC)c1ccc(OC)cc1OC. The lowest BCUT2D eigenvalue weighted by molar-refractivity contribution is -0.120. The summed E-state index contributed by atoms with van der Waals surface area (Å²) in [4.78, 5) is 11.9. The van der Waals surface area contributed by atoms with Gasteiger partial charge in [-0.1, -0.05) is 19.9 Å². The van der Waals surface area contributed by atoms with Gasteiger partial charge in [-0.3, -0.25) is 4.79 Å². The molecule has 17 heavy (non-hydrogen) atoms. The zero-order valence-electron chi connectivity index (χ0n) is 10.9. The summed E-state index contributed by atoms with van der Waals surface area (Å²) in [6.45, 7) is 3.91. The average molecular weight is 236 g/mol. The second-order valence-electron chi connectivity index (χ2n) is 3.89. The van der Waals surface area contributed by atoms with Crippen LogP contribution >= 0.6 is 0 Å². The molecule has 3 heteroatoms. The van der Waals surface area contributed by atoms with Crippen LogP contribution in [-0.4, -0.2) is 20.0 Å². The van der Waals surface area contributed by atoms with Crippen LogP contribution in [0.5, 0.6) is 11.5 Å². The third kappa shape index (κ3) is 2.99. The molecule has 0 amide bonds. The average Bonchev–Trinajstić information content (AvgIpc) is 2.39. The molecule has 0 spiro atoms. The summed E-state index contributed by atoms with van der Waals surface area (Å²) in [6, 6.07) is 5.60. The van der Waals surface area contributed by atoms with Crippen molar-refractivity contribution in [2.24, 2.45) is 0 Å². The highest BCUT2D eigenvalue weighted by molar-refractivity contribution is 5.86. The molecule has 0 fully saturated rings. The van der Waals surface area contributed by atoms with Crippen molar-refractivity contribution in [2.75, 3.05) is 14.2 Å². The van der Waals surface area contributed by atoms with E-state index in [1.807, 2.05) is 32.0 Å². The Labute approximate surface area is 103 Å². The first-order valence-electron chi connectivity index (χ1n) is 5.92. The van der Waals surface area contributed by atoms with Crippen LogP contribution in [-0.2, 0) is 4.79 Å². The van der Waals surface area contributed by atoms with Crippen molar-refractivity contribution in [1.82, 2.24) is 0 Å². The van der Waals surface area contributed by atoms with Crippen LogP contribution < -0.4 is 9.47 Å². The third-order valence-corrected chi connectivity index (χ3v) is 2.96. The predicted octanol–water partition coefficient (Wildman–Crippen LogP) is 3.18. The Hall–Kier alpha value is -1.51. The van der Waals surface area contributed by atoms with Gasteiger partial charge in [0.05, 0.1) is 14.2 Å². The number of hydrogen-bond acceptors (Lipinski definition) is 3. The molecule has 1 atom stereocenters. The van der Waals surface area contributed by atoms with E-state index in [0.29, 0.717) is 6.42 Å². The van der Waals surface area contributed by atoms with E-state index in [9.17, 15) is 4.79 Å². The Kier molecular flexibility index (Phi) is 5.01. The van der Waals surface area contributed by atoms with Gasteiger partial charge in [0.25, 0.3) is 0 Å². The van der Waals surface area contributed by atoms with Crippen LogP contribution in [0.15, 0.2) is 18.2 Å². The molecule has 3 nitrogen and oxygen atoms in total. The minimum atomic E-state index is -0.0825. The fourth-order valence-corrected chi connectivity index (χ4v) is 1.97. The van der Waals surface area contributed by atoms with Gasteiger partial charge in [0.1, 0.15) is 17.3 Å². The lowest BCUT2D eigenvalue weighted by Gasteiger charge is -2.17. The number of ketones is 1. The van der Waals surface area contributed by atoms with Gasteiger partial charge >= 0.3 is 0 Å². The fourth-order valence-electron chi connectivity index (χ4n) is 1.97. The molecule has 0 saturated heterocycles. The topological polar surface area (TPSA) is 35.5 Å². The van der Waals surface area contributed by atoms with E-state index < -0.39 is 0 Å². The first kappa shape index (κ1) is 13.6. The van der Waals surface area contributed by atoms with Gasteiger partial charge < -0.3 is 9.47 Å². The third-order valence-electron chi connectivity index (χ3n) is 2.96. The molecule has 94 valence electrons. The maximum absolute atomic E-state index is 11.9. The smallest absolute Gasteiger partial charge is 0.140 e. The maximum atomic E-state index is 11.9. The maximum Gasteiger partial charge on any atom is 0.140 e. The molecule has 1 aromatic rings. The Morgan fingerprint density at radius 3 is 2.41 bits per heavy atom. The van der Waals surface area contributed by atoms with Gasteiger partial charge in [-0.15, -0.1) is 0 Å². The number of methoxy groups -OCH3 is 2. The summed E-state index contributed by atoms with van der Waals surface area (Å²) >= 11 is 0. The van der Waals surface area contributed by atoms with Crippen molar-refractivity contribution in [2.45, 2.75) is 32.6 Å². The van der Waals surface area contributed by atoms with Gasteiger partial charge in [0.2, 0.25) is 0 Å². The summed E-state index contributed by atoms with van der Waals surface area (Å²) < 4.78 is 10.5. The van der Waals surface area contributed by atoms with E-state index in [2.05, 4.69) is 0 Å². The van der Waals surface area contributed by atoms with E-state index in [1.165, 1.54) is 0 Å². The van der Waals surface area contributed by atoms with Gasteiger partial charge in [-0.2, -0.15) is 0 Å². The zero-order chi connectivity index (χ0) is 12.8. The van der Waals surface area contributed by atoms with E-state index in [0.717, 1.165) is 23.5 Å². The Bertz CT molecular complexity index is 385. The van der Waals surface area contributed by atoms with Crippen LogP contribution in [0.4, 0.5) is 0 Å². The number of Topliss-reactive ketones (excluding diaryl/α,β-unsaturated/α-hetero) is 1. The molecular formula is C14H20O3. The largest absolute Gasteiger partial charge is 0.497 e. The summed E-state index contributed by atoms with van der Waals surface area (Å²) in [7, 11) is 3.23. The van der Waals surface area contributed by atoms with Crippen LogP contribution in [0, 0.1) is 0 Å². The Balaban J connectivity index is 3.14. The normalized spacial score (nSPS) is 12.0. The Morgan fingerprint density at radius 2 is 1.94 bits per heavy atom. The summed E-state index contributed by atoms with van der Waals surface area (Å²) in [5.74, 6) is 1.62. The minimum absolute atomic E-state index is 0.0825. The fraction of sp³-hybridized carbons (Fsp3) is 0.500. The molecule has 0 radical (unpaired) electrons. The lowest BCUT2D eigenvalue weighted by Crippen LogP contribution is -2.11. The first-order valence-corrected chi connectivity index (χ1v) is 5.92. The monoisotopic (exact) mass is 236 g/mol. The second-order valence-corrected chi connectivity index (χ2v) is 3.89. The number of carbonyl (C=O) groups excluding carboxylic acids is 1. The highest BCUT2D eigenvalue weighted by atomic mass is 16.5. The number of carbonyl (C=O) groups is 1. The predicted molar refractivity (Wildman–Crippen MR) is 67.9 cm³/mol. The molecule has 0 unspecified atom stereocenters. The van der Waals surface area contributed by atoms with Crippen LogP contribution in [0.1, 0.15) is 38.2 Å². The molecule has 0 aliphatic carbocycles. The van der Waals surface area contributed by atoms with Gasteiger partial charge in [-0.05, 0) is 12.5 Å². The molecule has 1 aromatic carbocycles. The van der Waals surface area contributed by atoms with Crippen molar-refractivity contribution >= 4 is 5.78 Å². The molecule has 0 saturated carbocycles. The van der Waals surface area contributed by atoms with Gasteiger partial charge in [0, 0.05) is 24.0 Å². The van der Waals surface area contributed by atoms with E-state index in [4.69, 9.17) is 9.47 Å². The summed E-state index contributed by atoms with van der Waals surface area (Å²) in [6.07, 6.45) is 1.34. The first-order chi connectivity index (χ1) is 8.17. The van der Waals surface area contributed by atoms with Crippen molar-refractivity contribution < 1.29 is 14.3 Å². The summed E-state index contributed by atoms with van der Waals surface area (Å²) in [5.41, 5.74) is 0.947. The van der Waals surface area contributed by atoms with Crippen molar-refractivity contribution in [3.63, 3.8) is 0 Å². The number of rotatable bonds is 6. The number of ether oxygens (including phenoxy) is 2. The van der Waals surface area contributed by atoms with Crippen LogP contribution in [0.25, 0.3) is 0 Å². The summed E-state index contributed by atoms with van der Waals surface area (Å²) in [5, 5.41) is 0. The van der Waals surface area contributed by atoms with Gasteiger partial charge in [0.15, 0.2) is 0 Å². The van der Waals surface area contributed by atoms with E-state index in [1.54, 1.807) is 14.2 Å². The highest BCUT2D eigenvalue weighted by Gasteiger charge is 2.20. The van der Waals surface area contributed by atoms with Crippen LogP contribution in [0.3, 0.4) is 0 Å². The lowest BCUT2D eigenvalue weighted by atomic mass is 9.90. The molecule has 0 N–H and O–H groups in total. The zero-order valence-corrected chi connectivity index (χ0v) is 10.9. The van der Waals surface area contributed by atoms with Crippen molar-refractivity contribution in [3.8, 4) is 11.5 Å². The van der Waals surface area contributed by atoms with E-state index >= 15 is 0 Å². The molecule has 0 heterocycles. The standard InChI is InChI=1S/C14H20O3/c1-5-11(13(15)6-2)12-8-7-10(16-3)9-14(12)17-4/h7-9,11H,5-6H2,1-4H3/t11-/m1/s1.